The molecule has 6 nitrogen and oxygen atoms in total. The van der Waals surface area contributed by atoms with Crippen molar-refractivity contribution in [2.75, 3.05) is 36.8 Å². The molecule has 4 rings (SSSR count). The number of carbonyl (C=O) groups is 1. The van der Waals surface area contributed by atoms with E-state index in [-0.39, 0.29) is 5.91 Å². The first-order valence-corrected chi connectivity index (χ1v) is 10.8. The molecule has 0 radical (unpaired) electrons. The first kappa shape index (κ1) is 19.7. The van der Waals surface area contributed by atoms with Gasteiger partial charge in [0.05, 0.1) is 5.69 Å². The lowest BCUT2D eigenvalue weighted by Crippen LogP contribution is -2.49. The van der Waals surface area contributed by atoms with Crippen LogP contribution in [0, 0.1) is 6.92 Å². The number of thiophene rings is 1. The molecule has 3 heterocycles. The van der Waals surface area contributed by atoms with E-state index in [1.807, 2.05) is 19.1 Å². The van der Waals surface area contributed by atoms with E-state index < -0.39 is 0 Å². The number of nitrogen functional groups attached to an aromatic ring is 1. The van der Waals surface area contributed by atoms with E-state index in [9.17, 15) is 4.79 Å². The fourth-order valence-corrected chi connectivity index (χ4v) is 4.75. The number of anilines is 2. The SMILES string of the molecule is Cc1ccc2c(N)c(C(=O)NCCc3ccc(N4CCN[C@H](C)C4)cc3)sc2n1. The second kappa shape index (κ2) is 8.39. The maximum absolute atomic E-state index is 12.6. The smallest absolute Gasteiger partial charge is 0.263 e. The van der Waals surface area contributed by atoms with Crippen molar-refractivity contribution in [3.63, 3.8) is 0 Å². The van der Waals surface area contributed by atoms with Gasteiger partial charge in [0.2, 0.25) is 0 Å². The number of benzene rings is 1. The van der Waals surface area contributed by atoms with Crippen molar-refractivity contribution < 1.29 is 4.79 Å². The van der Waals surface area contributed by atoms with Gasteiger partial charge < -0.3 is 21.3 Å². The lowest BCUT2D eigenvalue weighted by molar-refractivity contribution is 0.0959. The average molecular weight is 410 g/mol. The van der Waals surface area contributed by atoms with Crippen LogP contribution in [-0.2, 0) is 6.42 Å². The monoisotopic (exact) mass is 409 g/mol. The number of rotatable bonds is 5. The minimum absolute atomic E-state index is 0.130. The van der Waals surface area contributed by atoms with Crippen LogP contribution < -0.4 is 21.3 Å². The minimum atomic E-state index is -0.130. The lowest BCUT2D eigenvalue weighted by Gasteiger charge is -2.33. The Kier molecular flexibility index (Phi) is 5.69. The third-order valence-corrected chi connectivity index (χ3v) is 6.42. The van der Waals surface area contributed by atoms with Crippen molar-refractivity contribution in [1.82, 2.24) is 15.6 Å². The zero-order valence-corrected chi connectivity index (χ0v) is 17.7. The molecular formula is C22H27N5OS. The normalized spacial score (nSPS) is 16.9. The molecule has 0 unspecified atom stereocenters. The predicted octanol–water partition coefficient (Wildman–Crippen LogP) is 2.96. The van der Waals surface area contributed by atoms with Crippen molar-refractivity contribution in [3.05, 3.63) is 52.5 Å². The number of aryl methyl sites for hydroxylation is 1. The predicted molar refractivity (Wildman–Crippen MR) is 121 cm³/mol. The summed E-state index contributed by atoms with van der Waals surface area (Å²) in [6.45, 7) is 7.80. The third kappa shape index (κ3) is 4.36. The molecule has 1 amide bonds. The summed E-state index contributed by atoms with van der Waals surface area (Å²) in [5.74, 6) is -0.130. The maximum atomic E-state index is 12.6. The number of amides is 1. The summed E-state index contributed by atoms with van der Waals surface area (Å²) in [6, 6.07) is 13.0. The molecule has 1 aliphatic heterocycles. The van der Waals surface area contributed by atoms with Crippen LogP contribution in [0.15, 0.2) is 36.4 Å². The van der Waals surface area contributed by atoms with Crippen LogP contribution >= 0.6 is 11.3 Å². The molecule has 1 atom stereocenters. The van der Waals surface area contributed by atoms with Crippen LogP contribution in [-0.4, -0.2) is 43.1 Å². The summed E-state index contributed by atoms with van der Waals surface area (Å²) in [4.78, 5) is 20.8. The molecule has 1 aromatic carbocycles. The van der Waals surface area contributed by atoms with Crippen LogP contribution in [0.4, 0.5) is 11.4 Å². The summed E-state index contributed by atoms with van der Waals surface area (Å²) in [5, 5.41) is 7.31. The minimum Gasteiger partial charge on any atom is -0.397 e. The van der Waals surface area contributed by atoms with Gasteiger partial charge in [-0.1, -0.05) is 12.1 Å². The molecule has 1 fully saturated rings. The number of pyridine rings is 1. The van der Waals surface area contributed by atoms with Gasteiger partial charge in [0.15, 0.2) is 0 Å². The van der Waals surface area contributed by atoms with Crippen molar-refractivity contribution in [1.29, 1.82) is 0 Å². The Morgan fingerprint density at radius 3 is 2.86 bits per heavy atom. The Hall–Kier alpha value is -2.64. The largest absolute Gasteiger partial charge is 0.397 e. The molecule has 4 N–H and O–H groups in total. The summed E-state index contributed by atoms with van der Waals surface area (Å²) in [6.07, 6.45) is 0.784. The molecule has 3 aromatic rings. The van der Waals surface area contributed by atoms with Crippen molar-refractivity contribution in [3.8, 4) is 0 Å². The van der Waals surface area contributed by atoms with Gasteiger partial charge in [-0.15, -0.1) is 11.3 Å². The van der Waals surface area contributed by atoms with Crippen LogP contribution in [0.3, 0.4) is 0 Å². The average Bonchev–Trinajstić information content (AvgIpc) is 3.04. The molecule has 0 spiro atoms. The molecule has 29 heavy (non-hydrogen) atoms. The molecule has 2 aromatic heterocycles. The van der Waals surface area contributed by atoms with Gasteiger partial charge in [0.25, 0.3) is 5.91 Å². The van der Waals surface area contributed by atoms with E-state index in [0.29, 0.717) is 23.2 Å². The number of carbonyl (C=O) groups excluding carboxylic acids is 1. The lowest BCUT2D eigenvalue weighted by atomic mass is 10.1. The maximum Gasteiger partial charge on any atom is 0.263 e. The number of piperazine rings is 1. The van der Waals surface area contributed by atoms with Gasteiger partial charge in [-0.2, -0.15) is 0 Å². The second-order valence-corrected chi connectivity index (χ2v) is 8.62. The van der Waals surface area contributed by atoms with Crippen LogP contribution in [0.1, 0.15) is 27.9 Å². The fraction of sp³-hybridized carbons (Fsp3) is 0.364. The number of nitrogens with zero attached hydrogens (tertiary/aromatic N) is 2. The van der Waals surface area contributed by atoms with Crippen LogP contribution in [0.25, 0.3) is 10.2 Å². The van der Waals surface area contributed by atoms with E-state index in [4.69, 9.17) is 5.73 Å². The van der Waals surface area contributed by atoms with E-state index in [1.165, 1.54) is 22.6 Å². The summed E-state index contributed by atoms with van der Waals surface area (Å²) in [7, 11) is 0. The molecule has 1 saturated heterocycles. The Morgan fingerprint density at radius 1 is 1.31 bits per heavy atom. The van der Waals surface area contributed by atoms with E-state index in [2.05, 4.69) is 51.7 Å². The number of fused-ring (bicyclic) bond motifs is 1. The number of hydrogen-bond donors (Lipinski definition) is 3. The standard InChI is InChI=1S/C22H27N5OS/c1-14-3-8-18-19(23)20(29-22(18)26-14)21(28)25-10-9-16-4-6-17(7-5-16)27-12-11-24-15(2)13-27/h3-8,15,24H,9-13,23H2,1-2H3,(H,25,28)/t15-/m1/s1. The first-order valence-electron chi connectivity index (χ1n) is 10.0. The highest BCUT2D eigenvalue weighted by Gasteiger charge is 2.17. The van der Waals surface area contributed by atoms with Crippen molar-refractivity contribution in [2.24, 2.45) is 0 Å². The van der Waals surface area contributed by atoms with Gasteiger partial charge in [0.1, 0.15) is 9.71 Å². The van der Waals surface area contributed by atoms with Crippen molar-refractivity contribution >= 4 is 38.8 Å². The number of nitrogens with one attached hydrogen (secondary N) is 2. The Morgan fingerprint density at radius 2 is 2.10 bits per heavy atom. The highest BCUT2D eigenvalue weighted by Crippen LogP contribution is 2.32. The van der Waals surface area contributed by atoms with E-state index >= 15 is 0 Å². The Balaban J connectivity index is 1.34. The topological polar surface area (TPSA) is 83.3 Å². The van der Waals surface area contributed by atoms with E-state index in [0.717, 1.165) is 42.0 Å². The molecule has 0 bridgehead atoms. The molecule has 0 aliphatic carbocycles. The van der Waals surface area contributed by atoms with Crippen LogP contribution in [0.5, 0.6) is 0 Å². The zero-order valence-electron chi connectivity index (χ0n) is 16.9. The Bertz CT molecular complexity index is 1010. The van der Waals surface area contributed by atoms with Gasteiger partial charge in [-0.25, -0.2) is 4.98 Å². The zero-order chi connectivity index (χ0) is 20.4. The molecule has 1 aliphatic rings. The first-order chi connectivity index (χ1) is 14.0. The van der Waals surface area contributed by atoms with Gasteiger partial charge >= 0.3 is 0 Å². The second-order valence-electron chi connectivity index (χ2n) is 7.62. The van der Waals surface area contributed by atoms with E-state index in [1.54, 1.807) is 0 Å². The quantitative estimate of drug-likeness (QED) is 0.603. The number of nitrogens with two attached hydrogens (primary N) is 1. The molecule has 7 heteroatoms. The summed E-state index contributed by atoms with van der Waals surface area (Å²) < 4.78 is 0. The Labute approximate surface area is 175 Å². The molecule has 152 valence electrons. The van der Waals surface area contributed by atoms with Crippen LogP contribution in [0.2, 0.25) is 0 Å². The number of aromatic nitrogens is 1. The number of hydrogen-bond acceptors (Lipinski definition) is 6. The molecule has 0 saturated carbocycles. The van der Waals surface area contributed by atoms with Gasteiger partial charge in [-0.05, 0) is 50.1 Å². The molecular weight excluding hydrogens is 382 g/mol. The third-order valence-electron chi connectivity index (χ3n) is 5.31. The summed E-state index contributed by atoms with van der Waals surface area (Å²) >= 11 is 1.35. The van der Waals surface area contributed by atoms with Gasteiger partial charge in [-0.3, -0.25) is 4.79 Å². The van der Waals surface area contributed by atoms with Gasteiger partial charge in [0, 0.05) is 49.0 Å². The fourth-order valence-electron chi connectivity index (χ4n) is 3.70. The van der Waals surface area contributed by atoms with Crippen molar-refractivity contribution in [2.45, 2.75) is 26.3 Å². The highest BCUT2D eigenvalue weighted by molar-refractivity contribution is 7.21. The highest BCUT2D eigenvalue weighted by atomic mass is 32.1. The summed E-state index contributed by atoms with van der Waals surface area (Å²) in [5.41, 5.74) is 10.1.